The highest BCUT2D eigenvalue weighted by atomic mass is 16.4. The molecule has 0 saturated heterocycles. The van der Waals surface area contributed by atoms with Crippen LogP contribution < -0.4 is 5.32 Å². The summed E-state index contributed by atoms with van der Waals surface area (Å²) in [7, 11) is 0. The Bertz CT molecular complexity index is 601. The lowest BCUT2D eigenvalue weighted by atomic mass is 10.2. The van der Waals surface area contributed by atoms with Gasteiger partial charge >= 0.3 is 5.97 Å². The van der Waals surface area contributed by atoms with Gasteiger partial charge in [0.1, 0.15) is 5.69 Å². The van der Waals surface area contributed by atoms with Crippen LogP contribution in [0.1, 0.15) is 26.5 Å². The Kier molecular flexibility index (Phi) is 3.77. The van der Waals surface area contributed by atoms with Crippen LogP contribution >= 0.6 is 0 Å². The number of nitrogens with one attached hydrogen (secondary N) is 1. The van der Waals surface area contributed by atoms with Crippen LogP contribution in [0.25, 0.3) is 0 Å². The van der Waals surface area contributed by atoms with Gasteiger partial charge in [0, 0.05) is 12.4 Å². The summed E-state index contributed by atoms with van der Waals surface area (Å²) in [4.78, 5) is 26.6. The fraction of sp³-hybridized carbons (Fsp3) is 0.0833. The zero-order valence-electron chi connectivity index (χ0n) is 9.78. The molecule has 2 N–H and O–H groups in total. The summed E-state index contributed by atoms with van der Waals surface area (Å²) in [6, 6.07) is 6.18. The normalized spacial score (nSPS) is 9.89. The Labute approximate surface area is 108 Å². The van der Waals surface area contributed by atoms with Crippen molar-refractivity contribution in [2.24, 2.45) is 0 Å². The number of aromatic nitrogens is 3. The van der Waals surface area contributed by atoms with Crippen LogP contribution in [0.3, 0.4) is 0 Å². The van der Waals surface area contributed by atoms with Crippen LogP contribution in [0.4, 0.5) is 0 Å². The molecule has 0 fully saturated rings. The molecule has 1 amide bonds. The minimum Gasteiger partial charge on any atom is -0.478 e. The zero-order valence-corrected chi connectivity index (χ0v) is 9.78. The molecule has 0 aliphatic rings. The summed E-state index contributed by atoms with van der Waals surface area (Å²) >= 11 is 0. The van der Waals surface area contributed by atoms with Crippen LogP contribution in [-0.4, -0.2) is 32.2 Å². The minimum atomic E-state index is -1.20. The molecule has 96 valence electrons. The Morgan fingerprint density at radius 3 is 2.68 bits per heavy atom. The van der Waals surface area contributed by atoms with E-state index in [1.54, 1.807) is 12.1 Å². The van der Waals surface area contributed by atoms with E-state index in [1.165, 1.54) is 24.5 Å². The predicted octanol–water partition coefficient (Wildman–Crippen LogP) is 0.500. The molecule has 2 heterocycles. The number of hydrogen-bond donors (Lipinski definition) is 2. The molecule has 0 aromatic carbocycles. The van der Waals surface area contributed by atoms with Crippen LogP contribution in [-0.2, 0) is 6.54 Å². The van der Waals surface area contributed by atoms with E-state index in [0.717, 1.165) is 0 Å². The first kappa shape index (κ1) is 12.6. The van der Waals surface area contributed by atoms with Crippen molar-refractivity contribution < 1.29 is 14.7 Å². The maximum atomic E-state index is 11.9. The van der Waals surface area contributed by atoms with E-state index in [1.807, 2.05) is 0 Å². The third-order valence-electron chi connectivity index (χ3n) is 2.31. The number of hydrogen-bond acceptors (Lipinski definition) is 5. The monoisotopic (exact) mass is 258 g/mol. The number of carboxylic acids is 1. The summed E-state index contributed by atoms with van der Waals surface area (Å²) in [6.45, 7) is 0.155. The maximum absolute atomic E-state index is 11.9. The summed E-state index contributed by atoms with van der Waals surface area (Å²) in [5.41, 5.74) is 0.307. The topological polar surface area (TPSA) is 105 Å². The molecule has 7 heteroatoms. The van der Waals surface area contributed by atoms with Gasteiger partial charge in [-0.15, -0.1) is 0 Å². The number of rotatable bonds is 4. The fourth-order valence-electron chi connectivity index (χ4n) is 1.44. The number of aromatic carboxylic acids is 1. The molecule has 0 atom stereocenters. The van der Waals surface area contributed by atoms with Crippen LogP contribution in [0.2, 0.25) is 0 Å². The lowest BCUT2D eigenvalue weighted by Crippen LogP contribution is -2.26. The van der Waals surface area contributed by atoms with Crippen LogP contribution in [0.15, 0.2) is 36.7 Å². The van der Waals surface area contributed by atoms with Crippen molar-refractivity contribution in [3.8, 4) is 0 Å². The average molecular weight is 258 g/mol. The number of carbonyl (C=O) groups excluding carboxylic acids is 1. The smallest absolute Gasteiger partial charge is 0.338 e. The van der Waals surface area contributed by atoms with Gasteiger partial charge in [0.2, 0.25) is 0 Å². The lowest BCUT2D eigenvalue weighted by molar-refractivity contribution is 0.0690. The molecule has 2 aromatic rings. The summed E-state index contributed by atoms with van der Waals surface area (Å²) in [5, 5.41) is 19.0. The second kappa shape index (κ2) is 5.67. The molecule has 0 saturated carbocycles. The van der Waals surface area contributed by atoms with Crippen molar-refractivity contribution in [1.29, 1.82) is 0 Å². The first-order valence-corrected chi connectivity index (χ1v) is 5.41. The van der Waals surface area contributed by atoms with Crippen molar-refractivity contribution in [2.75, 3.05) is 0 Å². The molecule has 0 radical (unpaired) electrons. The first-order valence-electron chi connectivity index (χ1n) is 5.41. The number of carbonyl (C=O) groups is 2. The highest BCUT2D eigenvalue weighted by Gasteiger charge is 2.17. The van der Waals surface area contributed by atoms with E-state index < -0.39 is 11.9 Å². The van der Waals surface area contributed by atoms with E-state index >= 15 is 0 Å². The molecule has 7 nitrogen and oxygen atoms in total. The van der Waals surface area contributed by atoms with Gasteiger partial charge in [0.05, 0.1) is 17.8 Å². The minimum absolute atomic E-state index is 0.126. The Morgan fingerprint density at radius 1 is 1.21 bits per heavy atom. The molecular weight excluding hydrogens is 248 g/mol. The maximum Gasteiger partial charge on any atom is 0.338 e. The Hall–Kier alpha value is -2.83. The molecular formula is C12H10N4O3. The molecule has 0 bridgehead atoms. The highest BCUT2D eigenvalue weighted by molar-refractivity contribution is 6.03. The molecule has 0 unspecified atom stereocenters. The molecule has 0 spiro atoms. The standard InChI is InChI=1S/C12H10N4O3/c17-11(14-7-8-3-1-6-15-16-8)10-9(12(18)19)4-2-5-13-10/h1-6H,7H2,(H,14,17)(H,18,19). The van der Waals surface area contributed by atoms with E-state index in [4.69, 9.17) is 5.11 Å². The lowest BCUT2D eigenvalue weighted by Gasteiger charge is -2.05. The number of pyridine rings is 1. The molecule has 0 aliphatic carbocycles. The van der Waals surface area contributed by atoms with Gasteiger partial charge in [0.15, 0.2) is 0 Å². The molecule has 19 heavy (non-hydrogen) atoms. The first-order chi connectivity index (χ1) is 9.18. The zero-order chi connectivity index (χ0) is 13.7. The largest absolute Gasteiger partial charge is 0.478 e. The van der Waals surface area contributed by atoms with Crippen LogP contribution in [0.5, 0.6) is 0 Å². The summed E-state index contributed by atoms with van der Waals surface area (Å²) < 4.78 is 0. The predicted molar refractivity (Wildman–Crippen MR) is 64.4 cm³/mol. The van der Waals surface area contributed by atoms with Gasteiger partial charge in [-0.2, -0.15) is 10.2 Å². The van der Waals surface area contributed by atoms with E-state index in [2.05, 4.69) is 20.5 Å². The van der Waals surface area contributed by atoms with E-state index in [-0.39, 0.29) is 17.8 Å². The average Bonchev–Trinajstić information content (AvgIpc) is 2.46. The van der Waals surface area contributed by atoms with Gasteiger partial charge in [0.25, 0.3) is 5.91 Å². The SMILES string of the molecule is O=C(O)c1cccnc1C(=O)NCc1cccnn1. The third kappa shape index (κ3) is 3.09. The molecule has 0 aliphatic heterocycles. The second-order valence-electron chi connectivity index (χ2n) is 3.60. The third-order valence-corrected chi connectivity index (χ3v) is 2.31. The van der Waals surface area contributed by atoms with Gasteiger partial charge < -0.3 is 10.4 Å². The molecule has 2 aromatic heterocycles. The summed E-state index contributed by atoms with van der Waals surface area (Å²) in [6.07, 6.45) is 2.89. The van der Waals surface area contributed by atoms with E-state index in [0.29, 0.717) is 5.69 Å². The number of amides is 1. The van der Waals surface area contributed by atoms with Crippen molar-refractivity contribution in [2.45, 2.75) is 6.54 Å². The van der Waals surface area contributed by atoms with Crippen molar-refractivity contribution in [1.82, 2.24) is 20.5 Å². The second-order valence-corrected chi connectivity index (χ2v) is 3.60. The quantitative estimate of drug-likeness (QED) is 0.827. The molecule has 2 rings (SSSR count). The Morgan fingerprint density at radius 2 is 2.00 bits per heavy atom. The van der Waals surface area contributed by atoms with Crippen molar-refractivity contribution in [3.63, 3.8) is 0 Å². The number of carboxylic acid groups (broad SMARTS) is 1. The Balaban J connectivity index is 2.10. The number of nitrogens with zero attached hydrogens (tertiary/aromatic N) is 3. The van der Waals surface area contributed by atoms with E-state index in [9.17, 15) is 9.59 Å². The fourth-order valence-corrected chi connectivity index (χ4v) is 1.44. The van der Waals surface area contributed by atoms with Crippen molar-refractivity contribution >= 4 is 11.9 Å². The van der Waals surface area contributed by atoms with Gasteiger partial charge in [-0.05, 0) is 24.3 Å². The highest BCUT2D eigenvalue weighted by Crippen LogP contribution is 2.05. The van der Waals surface area contributed by atoms with Gasteiger partial charge in [-0.1, -0.05) is 0 Å². The van der Waals surface area contributed by atoms with Gasteiger partial charge in [-0.3, -0.25) is 9.78 Å². The summed E-state index contributed by atoms with van der Waals surface area (Å²) in [5.74, 6) is -1.76. The van der Waals surface area contributed by atoms with Crippen molar-refractivity contribution in [3.05, 3.63) is 53.6 Å². The van der Waals surface area contributed by atoms with Gasteiger partial charge in [-0.25, -0.2) is 4.79 Å². The van der Waals surface area contributed by atoms with Crippen LogP contribution in [0, 0.1) is 0 Å².